The highest BCUT2D eigenvalue weighted by atomic mass is 16.5. The van der Waals surface area contributed by atoms with Crippen molar-refractivity contribution in [1.29, 1.82) is 0 Å². The highest BCUT2D eigenvalue weighted by Gasteiger charge is 2.07. The Morgan fingerprint density at radius 3 is 2.30 bits per heavy atom. The molecule has 0 aliphatic heterocycles. The zero-order valence-corrected chi connectivity index (χ0v) is 17.9. The summed E-state index contributed by atoms with van der Waals surface area (Å²) < 4.78 is 5.75. The van der Waals surface area contributed by atoms with Gasteiger partial charge in [-0.15, -0.1) is 0 Å². The van der Waals surface area contributed by atoms with Crippen molar-refractivity contribution in [2.45, 2.75) is 46.0 Å². The van der Waals surface area contributed by atoms with E-state index in [2.05, 4.69) is 30.2 Å². The van der Waals surface area contributed by atoms with E-state index in [9.17, 15) is 4.79 Å². The van der Waals surface area contributed by atoms with Crippen molar-refractivity contribution in [3.8, 4) is 17.0 Å². The number of aryl methyl sites for hydroxylation is 1. The minimum Gasteiger partial charge on any atom is -0.494 e. The van der Waals surface area contributed by atoms with E-state index in [4.69, 9.17) is 4.74 Å². The van der Waals surface area contributed by atoms with Crippen LogP contribution in [0, 0.1) is 0 Å². The van der Waals surface area contributed by atoms with Crippen LogP contribution in [0.25, 0.3) is 11.3 Å². The third kappa shape index (κ3) is 6.18. The summed E-state index contributed by atoms with van der Waals surface area (Å²) in [5, 5.41) is 2.93. The average Bonchev–Trinajstić information content (AvgIpc) is 2.80. The van der Waals surface area contributed by atoms with Gasteiger partial charge in [-0.3, -0.25) is 9.78 Å². The maximum atomic E-state index is 12.5. The molecule has 0 radical (unpaired) electrons. The number of hydrogen-bond donors (Lipinski definition) is 1. The number of nitrogens with zero attached hydrogens (tertiary/aromatic N) is 1. The molecule has 2 aromatic carbocycles. The summed E-state index contributed by atoms with van der Waals surface area (Å²) in [7, 11) is 0. The minimum atomic E-state index is -0.135. The number of carbonyl (C=O) groups excluding carboxylic acids is 1. The van der Waals surface area contributed by atoms with E-state index in [1.807, 2.05) is 60.8 Å². The Morgan fingerprint density at radius 1 is 0.900 bits per heavy atom. The molecule has 1 amide bonds. The first-order valence-corrected chi connectivity index (χ1v) is 10.8. The van der Waals surface area contributed by atoms with Crippen LogP contribution in [-0.4, -0.2) is 17.5 Å². The van der Waals surface area contributed by atoms with E-state index in [1.54, 1.807) is 0 Å². The highest BCUT2D eigenvalue weighted by Crippen LogP contribution is 2.20. The van der Waals surface area contributed by atoms with Gasteiger partial charge in [-0.05, 0) is 60.9 Å². The maximum absolute atomic E-state index is 12.5. The molecular formula is C26H30N2O2. The van der Waals surface area contributed by atoms with E-state index in [-0.39, 0.29) is 5.91 Å². The molecule has 0 aliphatic rings. The smallest absolute Gasteiger partial charge is 0.255 e. The van der Waals surface area contributed by atoms with Gasteiger partial charge in [0, 0.05) is 23.0 Å². The summed E-state index contributed by atoms with van der Waals surface area (Å²) in [4.78, 5) is 17.0. The Bertz CT molecular complexity index is 917. The summed E-state index contributed by atoms with van der Waals surface area (Å²) >= 11 is 0. The number of unbranched alkanes of at least 4 members (excludes halogenated alkanes) is 3. The lowest BCUT2D eigenvalue weighted by atomic mass is 10.1. The molecule has 1 aromatic heterocycles. The molecule has 3 aromatic rings. The number of ether oxygens (including phenoxy) is 1. The van der Waals surface area contributed by atoms with E-state index in [1.165, 1.54) is 24.8 Å². The molecule has 0 aliphatic carbocycles. The molecule has 4 heteroatoms. The van der Waals surface area contributed by atoms with E-state index in [0.717, 1.165) is 42.1 Å². The molecule has 156 valence electrons. The predicted octanol–water partition coefficient (Wildman–Crippen LogP) is 6.52. The largest absolute Gasteiger partial charge is 0.494 e. The second kappa shape index (κ2) is 11.1. The van der Waals surface area contributed by atoms with Gasteiger partial charge in [0.05, 0.1) is 12.3 Å². The van der Waals surface area contributed by atoms with Crippen LogP contribution in [-0.2, 0) is 6.42 Å². The zero-order valence-electron chi connectivity index (χ0n) is 17.9. The Kier molecular flexibility index (Phi) is 8.02. The van der Waals surface area contributed by atoms with Crippen LogP contribution >= 0.6 is 0 Å². The molecule has 0 saturated heterocycles. The van der Waals surface area contributed by atoms with Gasteiger partial charge >= 0.3 is 0 Å². The fourth-order valence-corrected chi connectivity index (χ4v) is 3.15. The number of pyridine rings is 1. The summed E-state index contributed by atoms with van der Waals surface area (Å²) in [5.74, 6) is 0.694. The van der Waals surface area contributed by atoms with E-state index in [0.29, 0.717) is 5.56 Å². The second-order valence-electron chi connectivity index (χ2n) is 7.37. The van der Waals surface area contributed by atoms with Gasteiger partial charge in [0.1, 0.15) is 5.75 Å². The van der Waals surface area contributed by atoms with Crippen LogP contribution in [0.2, 0.25) is 0 Å². The molecular weight excluding hydrogens is 372 g/mol. The number of hydrogen-bond acceptors (Lipinski definition) is 3. The quantitative estimate of drug-likeness (QED) is 0.393. The van der Waals surface area contributed by atoms with Crippen molar-refractivity contribution in [3.63, 3.8) is 0 Å². The molecule has 0 spiro atoms. The molecule has 0 bridgehead atoms. The molecule has 4 nitrogen and oxygen atoms in total. The Hall–Kier alpha value is -3.14. The lowest BCUT2D eigenvalue weighted by molar-refractivity contribution is 0.102. The van der Waals surface area contributed by atoms with Crippen molar-refractivity contribution in [2.75, 3.05) is 11.9 Å². The van der Waals surface area contributed by atoms with Crippen molar-refractivity contribution in [1.82, 2.24) is 4.98 Å². The minimum absolute atomic E-state index is 0.135. The Morgan fingerprint density at radius 2 is 1.67 bits per heavy atom. The predicted molar refractivity (Wildman–Crippen MR) is 123 cm³/mol. The van der Waals surface area contributed by atoms with Gasteiger partial charge in [-0.1, -0.05) is 51.3 Å². The number of carbonyl (C=O) groups is 1. The van der Waals surface area contributed by atoms with Crippen molar-refractivity contribution in [2.24, 2.45) is 0 Å². The van der Waals surface area contributed by atoms with E-state index < -0.39 is 0 Å². The number of benzene rings is 2. The van der Waals surface area contributed by atoms with Gasteiger partial charge in [0.2, 0.25) is 0 Å². The molecule has 1 heterocycles. The standard InChI is InChI=1S/C26H30N2O2/c1-3-5-6-7-18-30-24-15-13-23(14-16-24)28-26(29)22-11-9-21(10-12-22)25-17-8-20(4-2)19-27-25/h8-17,19H,3-7,18H2,1-2H3,(H,28,29). The molecule has 0 unspecified atom stereocenters. The first kappa shape index (κ1) is 21.6. The molecule has 1 N–H and O–H groups in total. The topological polar surface area (TPSA) is 51.2 Å². The van der Waals surface area contributed by atoms with Crippen LogP contribution in [0.5, 0.6) is 5.75 Å². The molecule has 30 heavy (non-hydrogen) atoms. The van der Waals surface area contributed by atoms with Gasteiger partial charge in [0.15, 0.2) is 0 Å². The van der Waals surface area contributed by atoms with Crippen LogP contribution in [0.15, 0.2) is 66.9 Å². The fourth-order valence-electron chi connectivity index (χ4n) is 3.15. The lowest BCUT2D eigenvalue weighted by Gasteiger charge is -2.09. The first-order chi connectivity index (χ1) is 14.7. The Balaban J connectivity index is 1.53. The van der Waals surface area contributed by atoms with Gasteiger partial charge in [-0.2, -0.15) is 0 Å². The van der Waals surface area contributed by atoms with Crippen LogP contribution < -0.4 is 10.1 Å². The summed E-state index contributed by atoms with van der Waals surface area (Å²) in [5.41, 5.74) is 4.47. The molecule has 0 atom stereocenters. The van der Waals surface area contributed by atoms with Gasteiger partial charge < -0.3 is 10.1 Å². The summed E-state index contributed by atoms with van der Waals surface area (Å²) in [6, 6.07) is 19.1. The fraction of sp³-hybridized carbons (Fsp3) is 0.308. The number of aromatic nitrogens is 1. The zero-order chi connectivity index (χ0) is 21.2. The van der Waals surface area contributed by atoms with E-state index >= 15 is 0 Å². The molecule has 3 rings (SSSR count). The van der Waals surface area contributed by atoms with Crippen molar-refractivity contribution in [3.05, 3.63) is 78.0 Å². The average molecular weight is 403 g/mol. The first-order valence-electron chi connectivity index (χ1n) is 10.8. The van der Waals surface area contributed by atoms with Crippen molar-refractivity contribution >= 4 is 11.6 Å². The van der Waals surface area contributed by atoms with Gasteiger partial charge in [0.25, 0.3) is 5.91 Å². The number of amides is 1. The Labute approximate surface area is 179 Å². The molecule has 0 saturated carbocycles. The number of nitrogens with one attached hydrogen (secondary N) is 1. The van der Waals surface area contributed by atoms with Gasteiger partial charge in [-0.25, -0.2) is 0 Å². The third-order valence-electron chi connectivity index (χ3n) is 5.05. The summed E-state index contributed by atoms with van der Waals surface area (Å²) in [6.07, 6.45) is 7.61. The number of rotatable bonds is 10. The van der Waals surface area contributed by atoms with Crippen molar-refractivity contribution < 1.29 is 9.53 Å². The van der Waals surface area contributed by atoms with Crippen LogP contribution in [0.1, 0.15) is 55.5 Å². The second-order valence-corrected chi connectivity index (χ2v) is 7.37. The van der Waals surface area contributed by atoms with Crippen LogP contribution in [0.4, 0.5) is 5.69 Å². The van der Waals surface area contributed by atoms with Crippen LogP contribution in [0.3, 0.4) is 0 Å². The summed E-state index contributed by atoms with van der Waals surface area (Å²) in [6.45, 7) is 5.04. The molecule has 0 fully saturated rings. The third-order valence-corrected chi connectivity index (χ3v) is 5.05. The normalized spacial score (nSPS) is 10.6. The number of anilines is 1. The highest BCUT2D eigenvalue weighted by molar-refractivity contribution is 6.04. The maximum Gasteiger partial charge on any atom is 0.255 e. The monoisotopic (exact) mass is 402 g/mol. The lowest BCUT2D eigenvalue weighted by Crippen LogP contribution is -2.11. The SMILES string of the molecule is CCCCCCOc1ccc(NC(=O)c2ccc(-c3ccc(CC)cn3)cc2)cc1.